The maximum atomic E-state index is 2.24. The van der Waals surface area contributed by atoms with Gasteiger partial charge in [-0.15, -0.1) is 0 Å². The van der Waals surface area contributed by atoms with Gasteiger partial charge in [-0.1, -0.05) is 243 Å². The fourth-order valence-corrected chi connectivity index (χ4v) is 6.91. The molecule has 0 heterocycles. The molecule has 8 rings (SSSR count). The van der Waals surface area contributed by atoms with Crippen molar-refractivity contribution in [3.05, 3.63) is 265 Å². The Morgan fingerprint density at radius 1 is 0.204 bits per heavy atom. The Balaban J connectivity index is 1.16. The van der Waals surface area contributed by atoms with Crippen molar-refractivity contribution in [2.75, 3.05) is 0 Å². The van der Waals surface area contributed by atoms with Crippen molar-refractivity contribution in [3.8, 4) is 44.5 Å². The van der Waals surface area contributed by atoms with Gasteiger partial charge >= 0.3 is 0 Å². The summed E-state index contributed by atoms with van der Waals surface area (Å²) in [6.07, 6.45) is 8.81. The van der Waals surface area contributed by atoms with Crippen molar-refractivity contribution in [3.63, 3.8) is 0 Å². The molecule has 0 aromatic heterocycles. The van der Waals surface area contributed by atoms with Crippen molar-refractivity contribution >= 4 is 11.1 Å². The summed E-state index contributed by atoms with van der Waals surface area (Å²) < 4.78 is 0. The SMILES string of the molecule is C(/C=C/C=C(c1ccc(-c2ccccc2)cc1)c1ccc(-c2ccccc2)cc1)=C(c1ccc(-c2ccccc2)cc1)c1ccc(-c2ccccc2)cc1. The molecule has 54 heavy (non-hydrogen) atoms. The van der Waals surface area contributed by atoms with Crippen LogP contribution < -0.4 is 0 Å². The van der Waals surface area contributed by atoms with Crippen LogP contribution in [0.5, 0.6) is 0 Å². The van der Waals surface area contributed by atoms with Crippen molar-refractivity contribution in [2.45, 2.75) is 0 Å². The molecule has 0 heteroatoms. The minimum atomic E-state index is 1.17. The zero-order chi connectivity index (χ0) is 36.4. The minimum Gasteiger partial charge on any atom is -0.0622 e. The Hall–Kier alpha value is -7.02. The molecule has 0 saturated heterocycles. The molecule has 256 valence electrons. The highest BCUT2D eigenvalue weighted by Gasteiger charge is 2.09. The summed E-state index contributed by atoms with van der Waals surface area (Å²) >= 11 is 0. The van der Waals surface area contributed by atoms with Gasteiger partial charge in [-0.25, -0.2) is 0 Å². The van der Waals surface area contributed by atoms with Gasteiger partial charge in [0, 0.05) is 0 Å². The summed E-state index contributed by atoms with van der Waals surface area (Å²) in [6, 6.07) is 77.8. The van der Waals surface area contributed by atoms with E-state index in [0.29, 0.717) is 0 Å². The van der Waals surface area contributed by atoms with E-state index in [1.54, 1.807) is 0 Å². The van der Waals surface area contributed by atoms with E-state index in [2.05, 4.69) is 243 Å². The van der Waals surface area contributed by atoms with E-state index < -0.39 is 0 Å². The molecule has 8 aromatic rings. The highest BCUT2D eigenvalue weighted by Crippen LogP contribution is 2.31. The lowest BCUT2D eigenvalue weighted by Crippen LogP contribution is -1.90. The zero-order valence-corrected chi connectivity index (χ0v) is 30.1. The van der Waals surface area contributed by atoms with Gasteiger partial charge < -0.3 is 0 Å². The van der Waals surface area contributed by atoms with Gasteiger partial charge in [0.15, 0.2) is 0 Å². The average Bonchev–Trinajstić information content (AvgIpc) is 3.27. The summed E-state index contributed by atoms with van der Waals surface area (Å²) in [5.41, 5.74) is 16.7. The van der Waals surface area contributed by atoms with E-state index in [1.165, 1.54) is 77.9 Å². The molecule has 0 fully saturated rings. The van der Waals surface area contributed by atoms with E-state index in [1.807, 2.05) is 0 Å². The van der Waals surface area contributed by atoms with Crippen LogP contribution in [0.4, 0.5) is 0 Å². The lowest BCUT2D eigenvalue weighted by Gasteiger charge is -2.11. The first-order valence-corrected chi connectivity index (χ1v) is 18.5. The smallest absolute Gasteiger partial charge is 0.0111 e. The number of benzene rings is 8. The monoisotopic (exact) mass is 688 g/mol. The lowest BCUT2D eigenvalue weighted by molar-refractivity contribution is 1.52. The second-order valence-corrected chi connectivity index (χ2v) is 13.3. The summed E-state index contributed by atoms with van der Waals surface area (Å²) in [5.74, 6) is 0. The van der Waals surface area contributed by atoms with Crippen LogP contribution >= 0.6 is 0 Å². The lowest BCUT2D eigenvalue weighted by atomic mass is 9.93. The van der Waals surface area contributed by atoms with E-state index >= 15 is 0 Å². The van der Waals surface area contributed by atoms with Crippen LogP contribution in [-0.2, 0) is 0 Å². The van der Waals surface area contributed by atoms with Gasteiger partial charge in [-0.3, -0.25) is 0 Å². The predicted octanol–water partition coefficient (Wildman–Crippen LogP) is 14.5. The topological polar surface area (TPSA) is 0 Å². The third-order valence-corrected chi connectivity index (χ3v) is 9.85. The van der Waals surface area contributed by atoms with Crippen LogP contribution in [0.25, 0.3) is 55.7 Å². The van der Waals surface area contributed by atoms with Crippen LogP contribution in [0.15, 0.2) is 243 Å². The summed E-state index contributed by atoms with van der Waals surface area (Å²) in [4.78, 5) is 0. The molecular weight excluding hydrogens is 649 g/mol. The molecule has 0 radical (unpaired) electrons. The van der Waals surface area contributed by atoms with Crippen LogP contribution in [0.3, 0.4) is 0 Å². The number of hydrogen-bond acceptors (Lipinski definition) is 0. The predicted molar refractivity (Wildman–Crippen MR) is 231 cm³/mol. The number of hydrogen-bond donors (Lipinski definition) is 0. The Bertz CT molecular complexity index is 2130. The quantitative estimate of drug-likeness (QED) is 0.125. The van der Waals surface area contributed by atoms with E-state index in [9.17, 15) is 0 Å². The van der Waals surface area contributed by atoms with Gasteiger partial charge in [0.2, 0.25) is 0 Å². The van der Waals surface area contributed by atoms with Gasteiger partial charge in [-0.05, 0) is 77.9 Å². The highest BCUT2D eigenvalue weighted by molar-refractivity contribution is 5.85. The Morgan fingerprint density at radius 2 is 0.389 bits per heavy atom. The fourth-order valence-electron chi connectivity index (χ4n) is 6.91. The molecule has 0 saturated carbocycles. The van der Waals surface area contributed by atoms with Gasteiger partial charge in [0.1, 0.15) is 0 Å². The molecule has 0 unspecified atom stereocenters. The Labute approximate surface area is 319 Å². The maximum absolute atomic E-state index is 2.24. The first-order valence-electron chi connectivity index (χ1n) is 18.5. The molecule has 0 nitrogen and oxygen atoms in total. The molecule has 8 aromatic carbocycles. The van der Waals surface area contributed by atoms with Crippen molar-refractivity contribution in [1.29, 1.82) is 0 Å². The Kier molecular flexibility index (Phi) is 10.4. The average molecular weight is 689 g/mol. The second-order valence-electron chi connectivity index (χ2n) is 13.3. The molecule has 0 amide bonds. The first kappa shape index (κ1) is 34.1. The fraction of sp³-hybridized carbons (Fsp3) is 0. The normalized spacial score (nSPS) is 10.9. The standard InChI is InChI=1S/C54H40/c1-5-15-41(16-6-1)45-25-33-49(34-26-45)53(50-35-27-46(28-36-50)42-17-7-2-8-18-42)23-13-14-24-54(51-37-29-47(30-38-51)43-19-9-3-10-20-43)52-39-31-48(32-40-52)44-21-11-4-12-22-44/h1-40H/b14-13+. The van der Waals surface area contributed by atoms with Crippen LogP contribution in [-0.4, -0.2) is 0 Å². The molecule has 0 spiro atoms. The summed E-state index contributed by atoms with van der Waals surface area (Å²) in [6.45, 7) is 0. The molecule has 0 bridgehead atoms. The number of allylic oxidation sites excluding steroid dienone is 4. The van der Waals surface area contributed by atoms with Crippen molar-refractivity contribution < 1.29 is 0 Å². The molecule has 0 atom stereocenters. The van der Waals surface area contributed by atoms with Crippen LogP contribution in [0.1, 0.15) is 22.3 Å². The van der Waals surface area contributed by atoms with Crippen LogP contribution in [0, 0.1) is 0 Å². The molecule has 0 aliphatic heterocycles. The third-order valence-electron chi connectivity index (χ3n) is 9.85. The maximum Gasteiger partial charge on any atom is -0.0111 e. The van der Waals surface area contributed by atoms with E-state index in [4.69, 9.17) is 0 Å². The van der Waals surface area contributed by atoms with Gasteiger partial charge in [-0.2, -0.15) is 0 Å². The summed E-state index contributed by atoms with van der Waals surface area (Å²) in [5, 5.41) is 0. The molecular formula is C54H40. The van der Waals surface area contributed by atoms with Gasteiger partial charge in [0.05, 0.1) is 0 Å². The highest BCUT2D eigenvalue weighted by atomic mass is 14.1. The Morgan fingerprint density at radius 3 is 0.593 bits per heavy atom. The second kappa shape index (κ2) is 16.5. The first-order chi connectivity index (χ1) is 26.8. The van der Waals surface area contributed by atoms with E-state index in [0.717, 1.165) is 0 Å². The summed E-state index contributed by atoms with van der Waals surface area (Å²) in [7, 11) is 0. The van der Waals surface area contributed by atoms with E-state index in [-0.39, 0.29) is 0 Å². The van der Waals surface area contributed by atoms with Crippen LogP contribution in [0.2, 0.25) is 0 Å². The molecule has 0 N–H and O–H groups in total. The van der Waals surface area contributed by atoms with Crippen molar-refractivity contribution in [1.82, 2.24) is 0 Å². The number of rotatable bonds is 10. The third kappa shape index (κ3) is 8.05. The molecule has 0 aliphatic rings. The van der Waals surface area contributed by atoms with Gasteiger partial charge in [0.25, 0.3) is 0 Å². The molecule has 0 aliphatic carbocycles. The minimum absolute atomic E-state index is 1.17. The largest absolute Gasteiger partial charge is 0.0622 e. The van der Waals surface area contributed by atoms with Crippen molar-refractivity contribution in [2.24, 2.45) is 0 Å². The zero-order valence-electron chi connectivity index (χ0n) is 30.1.